The third-order valence-electron chi connectivity index (χ3n) is 5.39. The van der Waals surface area contributed by atoms with Gasteiger partial charge in [-0.25, -0.2) is 0 Å². The largest absolute Gasteiger partial charge is 0.0683 e. The van der Waals surface area contributed by atoms with Gasteiger partial charge in [0.25, 0.3) is 0 Å². The van der Waals surface area contributed by atoms with Gasteiger partial charge in [-0.15, -0.1) is 0 Å². The highest BCUT2D eigenvalue weighted by Crippen LogP contribution is 2.50. The van der Waals surface area contributed by atoms with E-state index in [1.165, 1.54) is 55.2 Å². The van der Waals surface area contributed by atoms with E-state index in [0.29, 0.717) is 0 Å². The van der Waals surface area contributed by atoms with E-state index in [2.05, 4.69) is 32.9 Å². The number of hydrogen-bond acceptors (Lipinski definition) is 0. The first kappa shape index (κ1) is 15.6. The van der Waals surface area contributed by atoms with E-state index in [4.69, 9.17) is 0 Å². The van der Waals surface area contributed by atoms with Crippen molar-refractivity contribution < 1.29 is 0 Å². The average molecular weight is 272 g/mol. The predicted octanol–water partition coefficient (Wildman–Crippen LogP) is 6.32. The summed E-state index contributed by atoms with van der Waals surface area (Å²) in [5.74, 6) is 2.95. The van der Waals surface area contributed by atoms with Crippen molar-refractivity contribution in [3.8, 4) is 0 Å². The zero-order valence-electron chi connectivity index (χ0n) is 14.1. The van der Waals surface area contributed by atoms with Crippen molar-refractivity contribution in [3.05, 3.63) is 34.4 Å². The third kappa shape index (κ3) is 3.10. The van der Waals surface area contributed by atoms with Gasteiger partial charge in [0.1, 0.15) is 0 Å². The second-order valence-electron chi connectivity index (χ2n) is 6.79. The molecule has 1 aromatic carbocycles. The molecule has 0 radical (unpaired) electrons. The normalized spacial score (nSPS) is 28.6. The van der Waals surface area contributed by atoms with E-state index in [1.54, 1.807) is 5.56 Å². The minimum Gasteiger partial charge on any atom is -0.0683 e. The minimum atomic E-state index is 0.860. The van der Waals surface area contributed by atoms with E-state index in [1.807, 2.05) is 13.8 Å². The van der Waals surface area contributed by atoms with Crippen molar-refractivity contribution in [2.75, 3.05) is 0 Å². The molecule has 0 amide bonds. The molecule has 20 heavy (non-hydrogen) atoms. The van der Waals surface area contributed by atoms with Gasteiger partial charge in [-0.05, 0) is 68.1 Å². The zero-order valence-corrected chi connectivity index (χ0v) is 14.1. The number of benzene rings is 1. The van der Waals surface area contributed by atoms with Crippen molar-refractivity contribution in [1.29, 1.82) is 0 Å². The van der Waals surface area contributed by atoms with Crippen LogP contribution in [0.2, 0.25) is 0 Å². The summed E-state index contributed by atoms with van der Waals surface area (Å²) in [6.45, 7) is 10.9. The van der Waals surface area contributed by atoms with Gasteiger partial charge in [-0.1, -0.05) is 57.2 Å². The number of hydrogen-bond donors (Lipinski definition) is 0. The summed E-state index contributed by atoms with van der Waals surface area (Å²) in [6.07, 6.45) is 8.92. The van der Waals surface area contributed by atoms with Gasteiger partial charge in [0.15, 0.2) is 0 Å². The SMILES string of the molecule is CC.Cc1cc(C)c(C2CC3CCCCC3C2)c(C)c1. The standard InChI is InChI=1S/C18H26.C2H6/c1-12-8-13(2)18(14(3)9-12)17-10-15-6-4-5-7-16(15)11-17;1-2/h8-9,15-17H,4-7,10-11H2,1-3H3;1-2H3. The molecule has 0 spiro atoms. The molecular formula is C20H32. The van der Waals surface area contributed by atoms with Crippen molar-refractivity contribution in [2.45, 2.75) is 79.1 Å². The van der Waals surface area contributed by atoms with Crippen molar-refractivity contribution in [1.82, 2.24) is 0 Å². The first-order chi connectivity index (χ1) is 9.65. The Bertz CT molecular complexity index is 406. The first-order valence-electron chi connectivity index (χ1n) is 8.73. The van der Waals surface area contributed by atoms with Crippen molar-refractivity contribution in [3.63, 3.8) is 0 Å². The molecule has 112 valence electrons. The third-order valence-corrected chi connectivity index (χ3v) is 5.39. The van der Waals surface area contributed by atoms with E-state index in [0.717, 1.165) is 17.8 Å². The Hall–Kier alpha value is -0.780. The summed E-state index contributed by atoms with van der Waals surface area (Å²) in [7, 11) is 0. The quantitative estimate of drug-likeness (QED) is 0.561. The van der Waals surface area contributed by atoms with Crippen LogP contribution in [0.25, 0.3) is 0 Å². The number of fused-ring (bicyclic) bond motifs is 1. The topological polar surface area (TPSA) is 0 Å². The van der Waals surface area contributed by atoms with Crippen LogP contribution in [0.15, 0.2) is 12.1 Å². The van der Waals surface area contributed by atoms with Crippen LogP contribution in [0, 0.1) is 32.6 Å². The Labute approximate surface area is 126 Å². The molecule has 0 saturated heterocycles. The van der Waals surface area contributed by atoms with Gasteiger partial charge in [-0.2, -0.15) is 0 Å². The molecule has 2 atom stereocenters. The second kappa shape index (κ2) is 6.78. The Morgan fingerprint density at radius 3 is 1.70 bits per heavy atom. The monoisotopic (exact) mass is 272 g/mol. The molecule has 2 saturated carbocycles. The molecule has 2 fully saturated rings. The molecule has 0 heterocycles. The molecule has 0 bridgehead atoms. The van der Waals surface area contributed by atoms with E-state index in [9.17, 15) is 0 Å². The average Bonchev–Trinajstić information content (AvgIpc) is 2.83. The molecule has 0 aromatic heterocycles. The fourth-order valence-corrected chi connectivity index (χ4v) is 4.80. The second-order valence-corrected chi connectivity index (χ2v) is 6.79. The Morgan fingerprint density at radius 2 is 1.25 bits per heavy atom. The van der Waals surface area contributed by atoms with Gasteiger partial charge in [0.05, 0.1) is 0 Å². The first-order valence-corrected chi connectivity index (χ1v) is 8.73. The summed E-state index contributed by atoms with van der Waals surface area (Å²) in [6, 6.07) is 4.76. The summed E-state index contributed by atoms with van der Waals surface area (Å²) in [4.78, 5) is 0. The maximum atomic E-state index is 2.38. The molecule has 0 N–H and O–H groups in total. The summed E-state index contributed by atoms with van der Waals surface area (Å²) < 4.78 is 0. The van der Waals surface area contributed by atoms with E-state index in [-0.39, 0.29) is 0 Å². The molecular weight excluding hydrogens is 240 g/mol. The van der Waals surface area contributed by atoms with Crippen LogP contribution < -0.4 is 0 Å². The Kier molecular flexibility index (Phi) is 5.29. The smallest absolute Gasteiger partial charge is 0.0151 e. The van der Waals surface area contributed by atoms with Crippen LogP contribution in [0.5, 0.6) is 0 Å². The molecule has 2 unspecified atom stereocenters. The van der Waals surface area contributed by atoms with E-state index < -0.39 is 0 Å². The highest BCUT2D eigenvalue weighted by atomic mass is 14.4. The van der Waals surface area contributed by atoms with Crippen LogP contribution in [0.1, 0.15) is 80.5 Å². The lowest BCUT2D eigenvalue weighted by molar-refractivity contribution is 0.277. The van der Waals surface area contributed by atoms with Crippen LogP contribution in [0.3, 0.4) is 0 Å². The van der Waals surface area contributed by atoms with Crippen LogP contribution >= 0.6 is 0 Å². The molecule has 2 aliphatic rings. The molecule has 1 aromatic rings. The predicted molar refractivity (Wildman–Crippen MR) is 89.4 cm³/mol. The van der Waals surface area contributed by atoms with Crippen molar-refractivity contribution in [2.24, 2.45) is 11.8 Å². The molecule has 0 nitrogen and oxygen atoms in total. The van der Waals surface area contributed by atoms with Crippen LogP contribution in [0.4, 0.5) is 0 Å². The van der Waals surface area contributed by atoms with E-state index >= 15 is 0 Å². The zero-order chi connectivity index (χ0) is 14.7. The lowest BCUT2D eigenvalue weighted by Crippen LogP contribution is -2.12. The van der Waals surface area contributed by atoms with Gasteiger partial charge < -0.3 is 0 Å². The lowest BCUT2D eigenvalue weighted by Gasteiger charge is -2.24. The fraction of sp³-hybridized carbons (Fsp3) is 0.700. The number of rotatable bonds is 1. The fourth-order valence-electron chi connectivity index (χ4n) is 4.80. The highest BCUT2D eigenvalue weighted by Gasteiger charge is 2.36. The van der Waals surface area contributed by atoms with Crippen LogP contribution in [-0.4, -0.2) is 0 Å². The maximum Gasteiger partial charge on any atom is -0.0151 e. The van der Waals surface area contributed by atoms with Crippen LogP contribution in [-0.2, 0) is 0 Å². The van der Waals surface area contributed by atoms with Gasteiger partial charge in [-0.3, -0.25) is 0 Å². The minimum absolute atomic E-state index is 0.860. The van der Waals surface area contributed by atoms with Gasteiger partial charge in [0.2, 0.25) is 0 Å². The molecule has 3 rings (SSSR count). The summed E-state index contributed by atoms with van der Waals surface area (Å²) in [5.41, 5.74) is 6.19. The molecule has 0 aliphatic heterocycles. The van der Waals surface area contributed by atoms with Gasteiger partial charge >= 0.3 is 0 Å². The van der Waals surface area contributed by atoms with Gasteiger partial charge in [0, 0.05) is 0 Å². The molecule has 0 heteroatoms. The molecule has 2 aliphatic carbocycles. The highest BCUT2D eigenvalue weighted by molar-refractivity contribution is 5.40. The Balaban J connectivity index is 0.000000704. The Morgan fingerprint density at radius 1 is 0.800 bits per heavy atom. The summed E-state index contributed by atoms with van der Waals surface area (Å²) >= 11 is 0. The summed E-state index contributed by atoms with van der Waals surface area (Å²) in [5, 5.41) is 0. The lowest BCUT2D eigenvalue weighted by atomic mass is 9.82. The van der Waals surface area contributed by atoms with Crippen molar-refractivity contribution >= 4 is 0 Å². The number of aryl methyl sites for hydroxylation is 3. The maximum absolute atomic E-state index is 2.38.